The van der Waals surface area contributed by atoms with Crippen LogP contribution >= 0.6 is 15.9 Å². The Bertz CT molecular complexity index is 1240. The number of hydrogen-bond acceptors (Lipinski definition) is 6. The van der Waals surface area contributed by atoms with Crippen molar-refractivity contribution in [3.8, 4) is 11.1 Å². The molecule has 5 rings (SSSR count). The second-order valence-electron chi connectivity index (χ2n) is 7.13. The van der Waals surface area contributed by atoms with Gasteiger partial charge >= 0.3 is 0 Å². The highest BCUT2D eigenvalue weighted by Crippen LogP contribution is 2.34. The first-order chi connectivity index (χ1) is 15.2. The Kier molecular flexibility index (Phi) is 5.40. The second-order valence-corrected chi connectivity index (χ2v) is 7.94. The van der Waals surface area contributed by atoms with E-state index in [0.29, 0.717) is 40.8 Å². The number of halogens is 1. The van der Waals surface area contributed by atoms with Gasteiger partial charge in [-0.15, -0.1) is 0 Å². The van der Waals surface area contributed by atoms with Crippen LogP contribution in [0.2, 0.25) is 0 Å². The van der Waals surface area contributed by atoms with E-state index in [2.05, 4.69) is 31.1 Å². The van der Waals surface area contributed by atoms with E-state index in [1.807, 2.05) is 36.4 Å². The first kappa shape index (κ1) is 19.7. The molecule has 4 aromatic rings. The number of benzene rings is 2. The molecule has 8 heteroatoms. The molecule has 156 valence electrons. The van der Waals surface area contributed by atoms with Crippen LogP contribution in [0.3, 0.4) is 0 Å². The molecule has 0 radical (unpaired) electrons. The molecule has 1 aliphatic heterocycles. The number of rotatable bonds is 4. The van der Waals surface area contributed by atoms with Crippen molar-refractivity contribution in [1.29, 1.82) is 0 Å². The number of hydrogen-bond donors (Lipinski definition) is 1. The highest BCUT2D eigenvalue weighted by Gasteiger charge is 2.20. The molecule has 1 N–H and O–H groups in total. The van der Waals surface area contributed by atoms with Crippen molar-refractivity contribution in [3.05, 3.63) is 71.0 Å². The highest BCUT2D eigenvalue weighted by atomic mass is 79.9. The molecule has 31 heavy (non-hydrogen) atoms. The summed E-state index contributed by atoms with van der Waals surface area (Å²) in [6.07, 6.45) is 0. The van der Waals surface area contributed by atoms with Crippen molar-refractivity contribution in [2.75, 3.05) is 36.5 Å². The molecule has 0 atom stereocenters. The fourth-order valence-electron chi connectivity index (χ4n) is 3.55. The summed E-state index contributed by atoms with van der Waals surface area (Å²) in [6.45, 7) is 2.74. The number of carbonyl (C=O) groups is 1. The van der Waals surface area contributed by atoms with Gasteiger partial charge in [0.05, 0.1) is 13.2 Å². The summed E-state index contributed by atoms with van der Waals surface area (Å²) in [5.74, 6) is -0.299. The highest BCUT2D eigenvalue weighted by molar-refractivity contribution is 9.10. The van der Waals surface area contributed by atoms with Gasteiger partial charge in [-0.1, -0.05) is 36.4 Å². The Hall–Kier alpha value is -3.23. The second kappa shape index (κ2) is 8.49. The number of pyridine rings is 1. The predicted molar refractivity (Wildman–Crippen MR) is 122 cm³/mol. The molecule has 1 aliphatic rings. The lowest BCUT2D eigenvalue weighted by Crippen LogP contribution is -2.36. The van der Waals surface area contributed by atoms with E-state index in [0.717, 1.165) is 29.7 Å². The normalized spacial score (nSPS) is 14.0. The van der Waals surface area contributed by atoms with Crippen LogP contribution in [0.1, 0.15) is 10.5 Å². The quantitative estimate of drug-likeness (QED) is 0.426. The molecule has 3 heterocycles. The summed E-state index contributed by atoms with van der Waals surface area (Å²) < 4.78 is 12.1. The Morgan fingerprint density at radius 1 is 1.00 bits per heavy atom. The molecule has 0 saturated carbocycles. The average molecular weight is 479 g/mol. The van der Waals surface area contributed by atoms with E-state index >= 15 is 0 Å². The van der Waals surface area contributed by atoms with E-state index in [-0.39, 0.29) is 5.91 Å². The summed E-state index contributed by atoms with van der Waals surface area (Å²) in [7, 11) is 0. The predicted octanol–water partition coefficient (Wildman–Crippen LogP) is 4.74. The third kappa shape index (κ3) is 4.17. The van der Waals surface area contributed by atoms with Gasteiger partial charge in [0.15, 0.2) is 5.58 Å². The number of carbonyl (C=O) groups excluding carboxylic acids is 1. The molecular formula is C23H19BrN4O3. The van der Waals surface area contributed by atoms with Gasteiger partial charge in [-0.25, -0.2) is 4.98 Å². The maximum absolute atomic E-state index is 12.7. The Morgan fingerprint density at radius 2 is 1.81 bits per heavy atom. The molecular weight excluding hydrogens is 460 g/mol. The summed E-state index contributed by atoms with van der Waals surface area (Å²) in [6, 6.07) is 19.4. The van der Waals surface area contributed by atoms with Crippen molar-refractivity contribution >= 4 is 44.6 Å². The van der Waals surface area contributed by atoms with Crippen LogP contribution < -0.4 is 10.2 Å². The molecule has 0 bridgehead atoms. The lowest BCUT2D eigenvalue weighted by Gasteiger charge is -2.24. The first-order valence-corrected chi connectivity index (χ1v) is 10.7. The Labute approximate surface area is 187 Å². The summed E-state index contributed by atoms with van der Waals surface area (Å²) in [5.41, 5.74) is 4.18. The summed E-state index contributed by atoms with van der Waals surface area (Å²) >= 11 is 3.30. The van der Waals surface area contributed by atoms with E-state index in [9.17, 15) is 4.79 Å². The summed E-state index contributed by atoms with van der Waals surface area (Å²) in [4.78, 5) is 23.8. The molecule has 2 aromatic heterocycles. The van der Waals surface area contributed by atoms with Crippen molar-refractivity contribution in [1.82, 2.24) is 9.97 Å². The minimum atomic E-state index is -0.299. The number of morpholine rings is 1. The number of nitrogens with one attached hydrogen (secondary N) is 1. The first-order valence-electron chi connectivity index (χ1n) is 9.94. The number of amides is 1. The number of nitrogens with zero attached hydrogens (tertiary/aromatic N) is 3. The summed E-state index contributed by atoms with van der Waals surface area (Å²) in [5, 5.41) is 2.93. The smallest absolute Gasteiger partial charge is 0.298 e. The SMILES string of the molecule is O=C(Nc1cc(-c2ccccc2)c2nc(N3CCOCC3)oc2c1)c1cccc(Br)n1. The van der Waals surface area contributed by atoms with Gasteiger partial charge in [0.2, 0.25) is 0 Å². The van der Waals surface area contributed by atoms with Gasteiger partial charge in [0.1, 0.15) is 15.8 Å². The minimum absolute atomic E-state index is 0.299. The van der Waals surface area contributed by atoms with E-state index in [1.165, 1.54) is 0 Å². The zero-order valence-electron chi connectivity index (χ0n) is 16.5. The lowest BCUT2D eigenvalue weighted by molar-refractivity contribution is 0.102. The van der Waals surface area contributed by atoms with Gasteiger partial charge < -0.3 is 19.4 Å². The van der Waals surface area contributed by atoms with Crippen molar-refractivity contribution in [2.45, 2.75) is 0 Å². The van der Waals surface area contributed by atoms with Gasteiger partial charge in [-0.05, 0) is 39.7 Å². The number of ether oxygens (including phenoxy) is 1. The molecule has 0 aliphatic carbocycles. The van der Waals surface area contributed by atoms with E-state index in [4.69, 9.17) is 14.1 Å². The third-order valence-corrected chi connectivity index (χ3v) is 5.50. The average Bonchev–Trinajstić information content (AvgIpc) is 3.24. The number of aromatic nitrogens is 2. The molecule has 2 aromatic carbocycles. The van der Waals surface area contributed by atoms with E-state index in [1.54, 1.807) is 24.3 Å². The van der Waals surface area contributed by atoms with Gasteiger partial charge in [0, 0.05) is 30.4 Å². The topological polar surface area (TPSA) is 80.5 Å². The van der Waals surface area contributed by atoms with Gasteiger partial charge in [-0.3, -0.25) is 4.79 Å². The largest absolute Gasteiger partial charge is 0.423 e. The zero-order valence-corrected chi connectivity index (χ0v) is 18.1. The molecule has 7 nitrogen and oxygen atoms in total. The van der Waals surface area contributed by atoms with Crippen LogP contribution in [0.4, 0.5) is 11.7 Å². The number of anilines is 2. The lowest BCUT2D eigenvalue weighted by atomic mass is 10.0. The number of oxazole rings is 1. The van der Waals surface area contributed by atoms with Gasteiger partial charge in [-0.2, -0.15) is 4.98 Å². The standard InChI is InChI=1S/C23H19BrN4O3/c24-20-8-4-7-18(26-20)22(29)25-16-13-17(15-5-2-1-3-6-15)21-19(14-16)31-23(27-21)28-9-11-30-12-10-28/h1-8,13-14H,9-12H2,(H,25,29). The molecule has 1 amide bonds. The van der Waals surface area contributed by atoms with Crippen LogP contribution in [0, 0.1) is 0 Å². The van der Waals surface area contributed by atoms with Crippen LogP contribution in [-0.4, -0.2) is 42.2 Å². The van der Waals surface area contributed by atoms with Crippen LogP contribution in [0.25, 0.3) is 22.2 Å². The third-order valence-electron chi connectivity index (χ3n) is 5.06. The molecule has 0 unspecified atom stereocenters. The van der Waals surface area contributed by atoms with Crippen LogP contribution in [0.5, 0.6) is 0 Å². The minimum Gasteiger partial charge on any atom is -0.423 e. The maximum Gasteiger partial charge on any atom is 0.298 e. The fourth-order valence-corrected chi connectivity index (χ4v) is 3.89. The van der Waals surface area contributed by atoms with Crippen molar-refractivity contribution in [3.63, 3.8) is 0 Å². The molecule has 1 saturated heterocycles. The zero-order chi connectivity index (χ0) is 21.2. The van der Waals surface area contributed by atoms with Crippen LogP contribution in [0.15, 0.2) is 69.7 Å². The Balaban J connectivity index is 1.56. The fraction of sp³-hybridized carbons (Fsp3) is 0.174. The van der Waals surface area contributed by atoms with E-state index < -0.39 is 0 Å². The molecule has 0 spiro atoms. The number of fused-ring (bicyclic) bond motifs is 1. The monoisotopic (exact) mass is 478 g/mol. The van der Waals surface area contributed by atoms with Crippen molar-refractivity contribution in [2.24, 2.45) is 0 Å². The Morgan fingerprint density at radius 3 is 2.58 bits per heavy atom. The van der Waals surface area contributed by atoms with Crippen molar-refractivity contribution < 1.29 is 13.9 Å². The maximum atomic E-state index is 12.7. The molecule has 1 fully saturated rings. The van der Waals surface area contributed by atoms with Crippen LogP contribution in [-0.2, 0) is 4.74 Å². The van der Waals surface area contributed by atoms with Gasteiger partial charge in [0.25, 0.3) is 11.9 Å².